The standard InChI is InChI=1S/C19H23N5O2S/c1-2-23-11-12-24(13-17(23)19-21-9-10-22-19)27(25,26)14-16-6-3-5-15-7-4-8-20-18(15)16/h3-10,17H,2,11-14H2,1H3,(H,21,22)/t17-/m0/s1. The van der Waals surface area contributed by atoms with Crippen LogP contribution in [-0.2, 0) is 15.8 Å². The van der Waals surface area contributed by atoms with Gasteiger partial charge in [0.05, 0.1) is 17.3 Å². The Hall–Kier alpha value is -2.29. The Morgan fingerprint density at radius 2 is 2.00 bits per heavy atom. The van der Waals surface area contributed by atoms with Gasteiger partial charge in [-0.05, 0) is 18.2 Å². The van der Waals surface area contributed by atoms with Crippen molar-refractivity contribution in [3.05, 3.63) is 60.3 Å². The Balaban J connectivity index is 1.60. The van der Waals surface area contributed by atoms with E-state index in [-0.39, 0.29) is 11.8 Å². The molecule has 142 valence electrons. The number of H-pyrrole nitrogens is 1. The third-order valence-electron chi connectivity index (χ3n) is 5.14. The fraction of sp³-hybridized carbons (Fsp3) is 0.368. The minimum atomic E-state index is -3.46. The Kier molecular flexibility index (Phi) is 4.94. The monoisotopic (exact) mass is 385 g/mol. The van der Waals surface area contributed by atoms with Crippen molar-refractivity contribution < 1.29 is 8.42 Å². The van der Waals surface area contributed by atoms with Crippen molar-refractivity contribution in [3.8, 4) is 0 Å². The van der Waals surface area contributed by atoms with Crippen molar-refractivity contribution in [2.75, 3.05) is 26.2 Å². The summed E-state index contributed by atoms with van der Waals surface area (Å²) in [5.74, 6) is 0.766. The SMILES string of the molecule is CCN1CCN(S(=O)(=O)Cc2cccc3cccnc23)C[C@H]1c1ncc[nH]1. The number of sulfonamides is 1. The molecule has 1 saturated heterocycles. The summed E-state index contributed by atoms with van der Waals surface area (Å²) in [5, 5.41) is 0.953. The zero-order chi connectivity index (χ0) is 18.9. The highest BCUT2D eigenvalue weighted by Crippen LogP contribution is 2.26. The maximum absolute atomic E-state index is 13.2. The lowest BCUT2D eigenvalue weighted by molar-refractivity contribution is 0.119. The second-order valence-corrected chi connectivity index (χ2v) is 8.69. The number of piperazine rings is 1. The number of para-hydroxylation sites is 1. The number of likely N-dealkylation sites (N-methyl/N-ethyl adjacent to an activating group) is 1. The van der Waals surface area contributed by atoms with E-state index in [2.05, 4.69) is 26.8 Å². The first kappa shape index (κ1) is 18.1. The fourth-order valence-corrected chi connectivity index (χ4v) is 5.25. The number of nitrogens with one attached hydrogen (secondary N) is 1. The van der Waals surface area contributed by atoms with Crippen LogP contribution >= 0.6 is 0 Å². The first-order valence-corrected chi connectivity index (χ1v) is 10.7. The summed E-state index contributed by atoms with van der Waals surface area (Å²) in [6.45, 7) is 4.52. The van der Waals surface area contributed by atoms with Crippen LogP contribution in [0.2, 0.25) is 0 Å². The van der Waals surface area contributed by atoms with Gasteiger partial charge in [-0.25, -0.2) is 13.4 Å². The molecule has 1 atom stereocenters. The zero-order valence-corrected chi connectivity index (χ0v) is 16.1. The van der Waals surface area contributed by atoms with E-state index in [1.807, 2.05) is 30.3 Å². The van der Waals surface area contributed by atoms with Gasteiger partial charge in [-0.1, -0.05) is 31.2 Å². The molecule has 7 nitrogen and oxygen atoms in total. The Morgan fingerprint density at radius 3 is 2.78 bits per heavy atom. The quantitative estimate of drug-likeness (QED) is 0.728. The van der Waals surface area contributed by atoms with Gasteiger partial charge < -0.3 is 4.98 Å². The minimum Gasteiger partial charge on any atom is -0.347 e. The van der Waals surface area contributed by atoms with E-state index in [4.69, 9.17) is 0 Å². The average Bonchev–Trinajstić information content (AvgIpc) is 3.22. The molecule has 0 saturated carbocycles. The van der Waals surface area contributed by atoms with Crippen LogP contribution in [0.5, 0.6) is 0 Å². The Labute approximate surface area is 159 Å². The van der Waals surface area contributed by atoms with Crippen molar-refractivity contribution in [1.82, 2.24) is 24.2 Å². The maximum Gasteiger partial charge on any atom is 0.218 e. The van der Waals surface area contributed by atoms with Gasteiger partial charge in [0, 0.05) is 43.6 Å². The minimum absolute atomic E-state index is 0.0433. The molecule has 1 aliphatic rings. The Bertz CT molecular complexity index is 1010. The highest BCUT2D eigenvalue weighted by atomic mass is 32.2. The van der Waals surface area contributed by atoms with Crippen molar-refractivity contribution >= 4 is 20.9 Å². The molecule has 3 heterocycles. The van der Waals surface area contributed by atoms with Crippen molar-refractivity contribution in [2.45, 2.75) is 18.7 Å². The second kappa shape index (κ2) is 7.38. The van der Waals surface area contributed by atoms with Crippen LogP contribution in [-0.4, -0.2) is 58.8 Å². The molecule has 1 aliphatic heterocycles. The number of imidazole rings is 1. The molecule has 1 aromatic carbocycles. The predicted octanol–water partition coefficient (Wildman–Crippen LogP) is 2.17. The van der Waals surface area contributed by atoms with Crippen molar-refractivity contribution in [3.63, 3.8) is 0 Å². The first-order chi connectivity index (χ1) is 13.1. The van der Waals surface area contributed by atoms with Gasteiger partial charge in [-0.2, -0.15) is 4.31 Å². The molecule has 1 fully saturated rings. The van der Waals surface area contributed by atoms with Crippen LogP contribution in [0.1, 0.15) is 24.4 Å². The van der Waals surface area contributed by atoms with Gasteiger partial charge in [0.2, 0.25) is 10.0 Å². The van der Waals surface area contributed by atoms with E-state index in [1.165, 1.54) is 0 Å². The third kappa shape index (κ3) is 3.60. The van der Waals surface area contributed by atoms with Crippen LogP contribution in [0.15, 0.2) is 48.9 Å². The Morgan fingerprint density at radius 1 is 1.15 bits per heavy atom. The molecule has 0 bridgehead atoms. The van der Waals surface area contributed by atoms with E-state index in [0.29, 0.717) is 19.6 Å². The number of nitrogens with zero attached hydrogens (tertiary/aromatic N) is 4. The van der Waals surface area contributed by atoms with Crippen LogP contribution in [0.4, 0.5) is 0 Å². The average molecular weight is 385 g/mol. The molecule has 2 aromatic heterocycles. The fourth-order valence-electron chi connectivity index (χ4n) is 3.72. The first-order valence-electron chi connectivity index (χ1n) is 9.12. The van der Waals surface area contributed by atoms with E-state index >= 15 is 0 Å². The van der Waals surface area contributed by atoms with Crippen LogP contribution < -0.4 is 0 Å². The summed E-state index contributed by atoms with van der Waals surface area (Å²) >= 11 is 0. The van der Waals surface area contributed by atoms with Gasteiger partial charge in [0.15, 0.2) is 0 Å². The summed E-state index contributed by atoms with van der Waals surface area (Å²) in [7, 11) is -3.46. The molecule has 27 heavy (non-hydrogen) atoms. The second-order valence-electron chi connectivity index (χ2n) is 6.73. The number of hydrogen-bond acceptors (Lipinski definition) is 5. The van der Waals surface area contributed by atoms with Gasteiger partial charge in [-0.3, -0.25) is 9.88 Å². The van der Waals surface area contributed by atoms with Gasteiger partial charge in [0.25, 0.3) is 0 Å². The van der Waals surface area contributed by atoms with Crippen LogP contribution in [0.25, 0.3) is 10.9 Å². The summed E-state index contributed by atoms with van der Waals surface area (Å²) in [6, 6.07) is 9.43. The molecule has 0 spiro atoms. The number of fused-ring (bicyclic) bond motifs is 1. The van der Waals surface area contributed by atoms with E-state index in [0.717, 1.165) is 28.8 Å². The number of aromatic nitrogens is 3. The molecule has 0 amide bonds. The summed E-state index contributed by atoms with van der Waals surface area (Å²) < 4.78 is 27.9. The molecular weight excluding hydrogens is 362 g/mol. The number of pyridine rings is 1. The molecule has 0 aliphatic carbocycles. The molecule has 0 radical (unpaired) electrons. The topological polar surface area (TPSA) is 82.2 Å². The van der Waals surface area contributed by atoms with Gasteiger partial charge in [-0.15, -0.1) is 0 Å². The normalized spacial score (nSPS) is 19.5. The lowest BCUT2D eigenvalue weighted by atomic mass is 10.1. The highest BCUT2D eigenvalue weighted by molar-refractivity contribution is 7.88. The van der Waals surface area contributed by atoms with Crippen molar-refractivity contribution in [1.29, 1.82) is 0 Å². The molecular formula is C19H23N5O2S. The number of rotatable bonds is 5. The largest absolute Gasteiger partial charge is 0.347 e. The zero-order valence-electron chi connectivity index (χ0n) is 15.2. The molecule has 3 aromatic rings. The summed E-state index contributed by atoms with van der Waals surface area (Å²) in [5.41, 5.74) is 1.49. The van der Waals surface area contributed by atoms with Crippen molar-refractivity contribution in [2.24, 2.45) is 0 Å². The van der Waals surface area contributed by atoms with Gasteiger partial charge in [0.1, 0.15) is 5.82 Å². The van der Waals surface area contributed by atoms with E-state index in [9.17, 15) is 8.42 Å². The summed E-state index contributed by atoms with van der Waals surface area (Å²) in [6.07, 6.45) is 5.18. The third-order valence-corrected chi connectivity index (χ3v) is 6.94. The van der Waals surface area contributed by atoms with Gasteiger partial charge >= 0.3 is 0 Å². The van der Waals surface area contributed by atoms with Crippen LogP contribution in [0.3, 0.4) is 0 Å². The number of hydrogen-bond donors (Lipinski definition) is 1. The predicted molar refractivity (Wildman–Crippen MR) is 105 cm³/mol. The lowest BCUT2D eigenvalue weighted by Gasteiger charge is -2.39. The lowest BCUT2D eigenvalue weighted by Crippen LogP contribution is -2.50. The number of aromatic amines is 1. The smallest absolute Gasteiger partial charge is 0.218 e. The highest BCUT2D eigenvalue weighted by Gasteiger charge is 2.34. The molecule has 0 unspecified atom stereocenters. The molecule has 4 rings (SSSR count). The number of benzene rings is 1. The molecule has 1 N–H and O–H groups in total. The van der Waals surface area contributed by atoms with E-state index < -0.39 is 10.0 Å². The summed E-state index contributed by atoms with van der Waals surface area (Å²) in [4.78, 5) is 14.1. The molecule has 8 heteroatoms. The van der Waals surface area contributed by atoms with Crippen LogP contribution in [0, 0.1) is 0 Å². The maximum atomic E-state index is 13.2. The van der Waals surface area contributed by atoms with E-state index in [1.54, 1.807) is 22.9 Å².